The molecule has 0 bridgehead atoms. The fraction of sp³-hybridized carbons (Fsp3) is 0.400. The van der Waals surface area contributed by atoms with Gasteiger partial charge >= 0.3 is 0 Å². The van der Waals surface area contributed by atoms with Gasteiger partial charge in [-0.15, -0.1) is 0 Å². The van der Waals surface area contributed by atoms with Gasteiger partial charge in [-0.2, -0.15) is 0 Å². The zero-order chi connectivity index (χ0) is 12.8. The van der Waals surface area contributed by atoms with Crippen molar-refractivity contribution >= 4 is 5.71 Å². The molecule has 0 rings (SSSR count). The Morgan fingerprint density at radius 3 is 2.12 bits per heavy atom. The summed E-state index contributed by atoms with van der Waals surface area (Å²) in [6, 6.07) is 0. The first-order valence-corrected chi connectivity index (χ1v) is 5.58. The maximum absolute atomic E-state index is 7.79. The molecule has 0 saturated carbocycles. The van der Waals surface area contributed by atoms with E-state index in [1.807, 2.05) is 32.1 Å². The molecular formula is C15H23N. The van der Waals surface area contributed by atoms with E-state index in [-0.39, 0.29) is 5.41 Å². The predicted octanol–water partition coefficient (Wildman–Crippen LogP) is 4.69. The van der Waals surface area contributed by atoms with Gasteiger partial charge in [0.25, 0.3) is 0 Å². The summed E-state index contributed by atoms with van der Waals surface area (Å²) in [5, 5.41) is 7.79. The average molecular weight is 217 g/mol. The van der Waals surface area contributed by atoms with Gasteiger partial charge in [-0.05, 0) is 31.9 Å². The molecule has 0 aromatic rings. The minimum atomic E-state index is -0.0447. The van der Waals surface area contributed by atoms with Crippen LogP contribution in [0.5, 0.6) is 0 Å². The van der Waals surface area contributed by atoms with E-state index in [1.54, 1.807) is 6.92 Å². The molecule has 0 spiro atoms. The highest BCUT2D eigenvalue weighted by Gasteiger charge is 2.13. The topological polar surface area (TPSA) is 23.9 Å². The first-order valence-electron chi connectivity index (χ1n) is 5.58. The summed E-state index contributed by atoms with van der Waals surface area (Å²) in [5.74, 6) is 0. The zero-order valence-corrected chi connectivity index (χ0v) is 11.1. The van der Waals surface area contributed by atoms with Gasteiger partial charge in [-0.25, -0.2) is 0 Å². The van der Waals surface area contributed by atoms with E-state index < -0.39 is 0 Å². The van der Waals surface area contributed by atoms with E-state index in [1.165, 1.54) is 0 Å². The Morgan fingerprint density at radius 1 is 1.19 bits per heavy atom. The molecule has 0 aliphatic heterocycles. The fourth-order valence-corrected chi connectivity index (χ4v) is 1.58. The highest BCUT2D eigenvalue weighted by atomic mass is 14.4. The second kappa shape index (κ2) is 6.26. The lowest BCUT2D eigenvalue weighted by Gasteiger charge is -2.18. The van der Waals surface area contributed by atoms with Crippen LogP contribution in [0.25, 0.3) is 0 Å². The average Bonchev–Trinajstić information content (AvgIpc) is 2.14. The molecule has 1 nitrogen and oxygen atoms in total. The van der Waals surface area contributed by atoms with Crippen LogP contribution in [0, 0.1) is 10.8 Å². The van der Waals surface area contributed by atoms with Crippen molar-refractivity contribution in [3.05, 3.63) is 48.1 Å². The molecule has 0 aliphatic carbocycles. The maximum atomic E-state index is 7.79. The summed E-state index contributed by atoms with van der Waals surface area (Å²) >= 11 is 0. The van der Waals surface area contributed by atoms with E-state index in [2.05, 4.69) is 32.6 Å². The van der Waals surface area contributed by atoms with Crippen molar-refractivity contribution in [2.45, 2.75) is 34.6 Å². The van der Waals surface area contributed by atoms with Crippen molar-refractivity contribution in [3.63, 3.8) is 0 Å². The molecule has 0 aromatic heterocycles. The normalized spacial score (nSPS) is 13.7. The summed E-state index contributed by atoms with van der Waals surface area (Å²) in [7, 11) is 0. The van der Waals surface area contributed by atoms with Gasteiger partial charge in [0.2, 0.25) is 0 Å². The van der Waals surface area contributed by atoms with Crippen LogP contribution < -0.4 is 0 Å². The third-order valence-electron chi connectivity index (χ3n) is 2.23. The quantitative estimate of drug-likeness (QED) is 0.392. The first kappa shape index (κ1) is 14.6. The number of rotatable bonds is 5. The first-order chi connectivity index (χ1) is 7.34. The highest BCUT2D eigenvalue weighted by Crippen LogP contribution is 2.24. The Hall–Kier alpha value is -1.37. The van der Waals surface area contributed by atoms with Crippen LogP contribution in [0.2, 0.25) is 0 Å². The van der Waals surface area contributed by atoms with Crippen LogP contribution in [0.15, 0.2) is 48.1 Å². The molecular weight excluding hydrogens is 194 g/mol. The van der Waals surface area contributed by atoms with Gasteiger partial charge in [-0.1, -0.05) is 50.8 Å². The van der Waals surface area contributed by atoms with Gasteiger partial charge < -0.3 is 5.41 Å². The van der Waals surface area contributed by atoms with E-state index in [4.69, 9.17) is 5.41 Å². The number of allylic oxidation sites excluding steroid dienone is 7. The molecule has 0 amide bonds. The molecule has 0 aromatic carbocycles. The van der Waals surface area contributed by atoms with E-state index >= 15 is 0 Å². The highest BCUT2D eigenvalue weighted by molar-refractivity contribution is 6.00. The molecule has 88 valence electrons. The molecule has 0 radical (unpaired) electrons. The Kier molecular flexibility index (Phi) is 5.73. The molecule has 16 heavy (non-hydrogen) atoms. The Bertz CT molecular complexity index is 352. The minimum Gasteiger partial charge on any atom is -0.305 e. The van der Waals surface area contributed by atoms with Crippen molar-refractivity contribution in [1.29, 1.82) is 5.41 Å². The van der Waals surface area contributed by atoms with Gasteiger partial charge in [0.15, 0.2) is 0 Å². The van der Waals surface area contributed by atoms with Crippen LogP contribution in [-0.4, -0.2) is 5.71 Å². The van der Waals surface area contributed by atoms with Crippen molar-refractivity contribution in [2.24, 2.45) is 5.41 Å². The van der Waals surface area contributed by atoms with Crippen LogP contribution in [0.4, 0.5) is 0 Å². The van der Waals surface area contributed by atoms with Gasteiger partial charge in [-0.3, -0.25) is 0 Å². The summed E-state index contributed by atoms with van der Waals surface area (Å²) in [6.45, 7) is 14.0. The molecule has 0 aliphatic rings. The summed E-state index contributed by atoms with van der Waals surface area (Å²) in [5.41, 5.74) is 2.33. The Morgan fingerprint density at radius 2 is 1.75 bits per heavy atom. The molecule has 0 atom stereocenters. The second-order valence-electron chi connectivity index (χ2n) is 4.53. The van der Waals surface area contributed by atoms with E-state index in [9.17, 15) is 0 Å². The lowest BCUT2D eigenvalue weighted by Crippen LogP contribution is -2.08. The third kappa shape index (κ3) is 4.92. The van der Waals surface area contributed by atoms with Crippen LogP contribution in [-0.2, 0) is 0 Å². The van der Waals surface area contributed by atoms with Crippen LogP contribution in [0.1, 0.15) is 34.6 Å². The Balaban J connectivity index is 5.29. The molecule has 1 heteroatoms. The number of hydrogen-bond donors (Lipinski definition) is 1. The third-order valence-corrected chi connectivity index (χ3v) is 2.23. The lowest BCUT2D eigenvalue weighted by atomic mass is 9.87. The van der Waals surface area contributed by atoms with Crippen molar-refractivity contribution < 1.29 is 0 Å². The van der Waals surface area contributed by atoms with Crippen LogP contribution >= 0.6 is 0 Å². The molecule has 0 fully saturated rings. The van der Waals surface area contributed by atoms with Crippen molar-refractivity contribution in [3.8, 4) is 0 Å². The Labute approximate surface area is 99.8 Å². The summed E-state index contributed by atoms with van der Waals surface area (Å²) < 4.78 is 0. The van der Waals surface area contributed by atoms with E-state index in [0.29, 0.717) is 5.71 Å². The largest absolute Gasteiger partial charge is 0.305 e. The SMILES string of the molecule is C=C(/C=C\C)/C(=C/C(C)(C)/C=C\C)C(C)=N. The monoisotopic (exact) mass is 217 g/mol. The summed E-state index contributed by atoms with van der Waals surface area (Å²) in [6.07, 6.45) is 10.1. The maximum Gasteiger partial charge on any atom is 0.0358 e. The standard InChI is InChI=1S/C15H23N/c1-7-9-12(3)14(13(4)16)11-15(5,6)10-8-2/h7-11,16H,3H2,1-2,4-6H3/b9-7-,10-8-,14-11-,16-13?. The fourth-order valence-electron chi connectivity index (χ4n) is 1.58. The number of hydrogen-bond acceptors (Lipinski definition) is 1. The lowest BCUT2D eigenvalue weighted by molar-refractivity contribution is 0.623. The van der Waals surface area contributed by atoms with Crippen molar-refractivity contribution in [2.75, 3.05) is 0 Å². The van der Waals surface area contributed by atoms with Gasteiger partial charge in [0.1, 0.15) is 0 Å². The van der Waals surface area contributed by atoms with Gasteiger partial charge in [0, 0.05) is 11.1 Å². The summed E-state index contributed by atoms with van der Waals surface area (Å²) in [4.78, 5) is 0. The molecule has 1 N–H and O–H groups in total. The molecule has 0 heterocycles. The van der Waals surface area contributed by atoms with Crippen molar-refractivity contribution in [1.82, 2.24) is 0 Å². The van der Waals surface area contributed by atoms with Gasteiger partial charge in [0.05, 0.1) is 0 Å². The smallest absolute Gasteiger partial charge is 0.0358 e. The van der Waals surface area contributed by atoms with Crippen LogP contribution in [0.3, 0.4) is 0 Å². The number of nitrogens with one attached hydrogen (secondary N) is 1. The zero-order valence-electron chi connectivity index (χ0n) is 11.1. The minimum absolute atomic E-state index is 0.0447. The second-order valence-corrected chi connectivity index (χ2v) is 4.53. The predicted molar refractivity (Wildman–Crippen MR) is 74.0 cm³/mol. The molecule has 0 saturated heterocycles. The van der Waals surface area contributed by atoms with E-state index in [0.717, 1.165) is 11.1 Å². The molecule has 0 unspecified atom stereocenters.